The molecule has 10 heteroatoms. The smallest absolute Gasteiger partial charge is 0.277 e. The van der Waals surface area contributed by atoms with Crippen molar-refractivity contribution in [3.8, 4) is 11.4 Å². The van der Waals surface area contributed by atoms with Crippen LogP contribution in [-0.4, -0.2) is 27.5 Å². The lowest BCUT2D eigenvalue weighted by atomic mass is 10.2. The maximum absolute atomic E-state index is 13.8. The third-order valence-corrected chi connectivity index (χ3v) is 4.67. The molecular weight excluding hydrogens is 418 g/mol. The minimum atomic E-state index is -0.870. The number of aryl methyl sites for hydroxylation is 2. The molecule has 7 nitrogen and oxygen atoms in total. The predicted octanol–water partition coefficient (Wildman–Crippen LogP) is 3.11. The molecule has 0 radical (unpaired) electrons. The molecule has 0 atom stereocenters. The minimum absolute atomic E-state index is 0.0270. The van der Waals surface area contributed by atoms with Gasteiger partial charge in [-0.2, -0.15) is 0 Å². The lowest BCUT2D eigenvalue weighted by Gasteiger charge is -2.16. The summed E-state index contributed by atoms with van der Waals surface area (Å²) in [4.78, 5) is 32.5. The highest BCUT2D eigenvalue weighted by Crippen LogP contribution is 2.25. The van der Waals surface area contributed by atoms with Crippen molar-refractivity contribution in [2.75, 3.05) is 7.05 Å². The number of pyridine rings is 3. The summed E-state index contributed by atoms with van der Waals surface area (Å²) in [7, 11) is 1.47. The van der Waals surface area contributed by atoms with Crippen LogP contribution in [0.15, 0.2) is 35.4 Å². The van der Waals surface area contributed by atoms with Gasteiger partial charge in [0, 0.05) is 31.1 Å². The first kappa shape index (κ1) is 21.4. The zero-order valence-electron chi connectivity index (χ0n) is 16.3. The van der Waals surface area contributed by atoms with Crippen LogP contribution in [-0.2, 0) is 6.61 Å². The van der Waals surface area contributed by atoms with Crippen molar-refractivity contribution in [1.29, 1.82) is 0 Å². The second-order valence-electron chi connectivity index (χ2n) is 6.41. The zero-order chi connectivity index (χ0) is 22.0. The molecular formula is C20H17ClF2N4O3. The molecule has 3 aromatic heterocycles. The van der Waals surface area contributed by atoms with E-state index in [9.17, 15) is 18.4 Å². The van der Waals surface area contributed by atoms with E-state index in [-0.39, 0.29) is 28.8 Å². The van der Waals surface area contributed by atoms with Crippen LogP contribution >= 0.6 is 11.6 Å². The monoisotopic (exact) mass is 434 g/mol. The summed E-state index contributed by atoms with van der Waals surface area (Å²) in [6, 6.07) is 3.68. The molecule has 0 bridgehead atoms. The van der Waals surface area contributed by atoms with E-state index in [0.717, 1.165) is 6.20 Å². The van der Waals surface area contributed by atoms with E-state index in [2.05, 4.69) is 15.3 Å². The molecule has 0 aromatic carbocycles. The molecule has 0 fully saturated rings. The molecule has 3 heterocycles. The number of halogens is 3. The molecule has 3 rings (SSSR count). The molecule has 1 amide bonds. The first-order chi connectivity index (χ1) is 14.2. The van der Waals surface area contributed by atoms with Gasteiger partial charge in [0.2, 0.25) is 0 Å². The van der Waals surface area contributed by atoms with Crippen LogP contribution < -0.4 is 15.6 Å². The molecule has 0 aliphatic carbocycles. The fourth-order valence-electron chi connectivity index (χ4n) is 2.79. The topological polar surface area (TPSA) is 86.1 Å². The van der Waals surface area contributed by atoms with Gasteiger partial charge in [0.05, 0.1) is 11.9 Å². The number of aromatic nitrogens is 3. The third kappa shape index (κ3) is 4.16. The third-order valence-electron chi connectivity index (χ3n) is 4.32. The fraction of sp³-hybridized carbons (Fsp3) is 0.200. The number of carbonyl (C=O) groups is 1. The first-order valence-corrected chi connectivity index (χ1v) is 9.14. The van der Waals surface area contributed by atoms with Crippen molar-refractivity contribution in [2.45, 2.75) is 20.5 Å². The van der Waals surface area contributed by atoms with Gasteiger partial charge in [0.1, 0.15) is 34.6 Å². The van der Waals surface area contributed by atoms with Crippen LogP contribution in [0.1, 0.15) is 27.4 Å². The lowest BCUT2D eigenvalue weighted by molar-refractivity contribution is 0.0958. The molecule has 0 unspecified atom stereocenters. The second kappa shape index (κ2) is 8.58. The Morgan fingerprint density at radius 3 is 2.60 bits per heavy atom. The summed E-state index contributed by atoms with van der Waals surface area (Å²) in [5.74, 6) is -2.05. The maximum atomic E-state index is 13.8. The first-order valence-electron chi connectivity index (χ1n) is 8.77. The van der Waals surface area contributed by atoms with Gasteiger partial charge in [0.15, 0.2) is 5.82 Å². The van der Waals surface area contributed by atoms with Gasteiger partial charge >= 0.3 is 0 Å². The van der Waals surface area contributed by atoms with Gasteiger partial charge < -0.3 is 10.1 Å². The molecule has 0 aliphatic heterocycles. The Hall–Kier alpha value is -3.33. The second-order valence-corrected chi connectivity index (χ2v) is 6.79. The molecule has 156 valence electrons. The molecule has 3 aromatic rings. The van der Waals surface area contributed by atoms with Crippen LogP contribution in [0.25, 0.3) is 5.69 Å². The number of carbonyl (C=O) groups excluding carboxylic acids is 1. The standard InChI is InChI=1S/C20H17ClF2N4O3/c1-10-7-25-14(19(28)24-3)6-16(10)27-11(2)4-17(18(21)20(27)29)30-9-15-13(23)5-12(22)8-26-15/h4-8H,9H2,1-3H3,(H,24,28). The van der Waals surface area contributed by atoms with E-state index in [1.807, 2.05) is 0 Å². The molecule has 0 saturated heterocycles. The summed E-state index contributed by atoms with van der Waals surface area (Å²) < 4.78 is 33.5. The van der Waals surface area contributed by atoms with Gasteiger partial charge in [-0.05, 0) is 25.5 Å². The van der Waals surface area contributed by atoms with E-state index in [1.54, 1.807) is 13.8 Å². The zero-order valence-corrected chi connectivity index (χ0v) is 17.1. The lowest BCUT2D eigenvalue weighted by Crippen LogP contribution is -2.24. The molecule has 0 saturated carbocycles. The number of hydrogen-bond acceptors (Lipinski definition) is 5. The highest BCUT2D eigenvalue weighted by atomic mass is 35.5. The molecule has 0 spiro atoms. The van der Waals surface area contributed by atoms with Crippen LogP contribution in [0.3, 0.4) is 0 Å². The van der Waals surface area contributed by atoms with E-state index >= 15 is 0 Å². The van der Waals surface area contributed by atoms with Crippen LogP contribution in [0, 0.1) is 25.5 Å². The summed E-state index contributed by atoms with van der Waals surface area (Å²) >= 11 is 6.21. The Bertz CT molecular complexity index is 1200. The largest absolute Gasteiger partial charge is 0.485 e. The number of amides is 1. The maximum Gasteiger partial charge on any atom is 0.277 e. The van der Waals surface area contributed by atoms with Gasteiger partial charge in [0.25, 0.3) is 11.5 Å². The normalized spacial score (nSPS) is 10.7. The van der Waals surface area contributed by atoms with Crippen molar-refractivity contribution < 1.29 is 18.3 Å². The van der Waals surface area contributed by atoms with Crippen molar-refractivity contribution >= 4 is 17.5 Å². The summed E-state index contributed by atoms with van der Waals surface area (Å²) in [6.07, 6.45) is 2.34. The Labute approximate surface area is 175 Å². The van der Waals surface area contributed by atoms with E-state index in [1.165, 1.54) is 29.9 Å². The van der Waals surface area contributed by atoms with Crippen molar-refractivity contribution in [3.05, 3.63) is 80.2 Å². The van der Waals surface area contributed by atoms with Crippen LogP contribution in [0.4, 0.5) is 8.78 Å². The van der Waals surface area contributed by atoms with Crippen molar-refractivity contribution in [1.82, 2.24) is 19.9 Å². The fourth-order valence-corrected chi connectivity index (χ4v) is 2.98. The van der Waals surface area contributed by atoms with E-state index in [4.69, 9.17) is 16.3 Å². The summed E-state index contributed by atoms with van der Waals surface area (Å²) in [5.41, 5.74) is 0.967. The summed E-state index contributed by atoms with van der Waals surface area (Å²) in [5, 5.41) is 2.24. The van der Waals surface area contributed by atoms with Gasteiger partial charge in [-0.25, -0.2) is 8.78 Å². The Balaban J connectivity index is 2.00. The number of hydrogen-bond donors (Lipinski definition) is 1. The number of nitrogens with one attached hydrogen (secondary N) is 1. The number of rotatable bonds is 5. The number of ether oxygens (including phenoxy) is 1. The van der Waals surface area contributed by atoms with E-state index in [0.29, 0.717) is 23.0 Å². The van der Waals surface area contributed by atoms with Crippen LogP contribution in [0.5, 0.6) is 5.75 Å². The predicted molar refractivity (Wildman–Crippen MR) is 106 cm³/mol. The van der Waals surface area contributed by atoms with Gasteiger partial charge in [-0.15, -0.1) is 0 Å². The van der Waals surface area contributed by atoms with Crippen molar-refractivity contribution in [2.24, 2.45) is 0 Å². The average molecular weight is 435 g/mol. The van der Waals surface area contributed by atoms with Gasteiger partial charge in [-0.1, -0.05) is 11.6 Å². The highest BCUT2D eigenvalue weighted by molar-refractivity contribution is 6.31. The van der Waals surface area contributed by atoms with Crippen LogP contribution in [0.2, 0.25) is 5.02 Å². The summed E-state index contributed by atoms with van der Waals surface area (Å²) in [6.45, 7) is 3.05. The highest BCUT2D eigenvalue weighted by Gasteiger charge is 2.18. The van der Waals surface area contributed by atoms with Gasteiger partial charge in [-0.3, -0.25) is 24.1 Å². The molecule has 30 heavy (non-hydrogen) atoms. The number of nitrogens with zero attached hydrogens (tertiary/aromatic N) is 3. The van der Waals surface area contributed by atoms with Crippen molar-refractivity contribution in [3.63, 3.8) is 0 Å². The average Bonchev–Trinajstić information content (AvgIpc) is 2.71. The Morgan fingerprint density at radius 1 is 1.20 bits per heavy atom. The molecule has 0 aliphatic rings. The Morgan fingerprint density at radius 2 is 1.93 bits per heavy atom. The SMILES string of the molecule is CNC(=O)c1cc(-n2c(C)cc(OCc3ncc(F)cc3F)c(Cl)c2=O)c(C)cn1. The van der Waals surface area contributed by atoms with E-state index < -0.39 is 23.1 Å². The molecule has 1 N–H and O–H groups in total. The quantitative estimate of drug-likeness (QED) is 0.666. The Kier molecular flexibility index (Phi) is 6.12. The minimum Gasteiger partial charge on any atom is -0.485 e.